The van der Waals surface area contributed by atoms with E-state index in [9.17, 15) is 4.79 Å². The van der Waals surface area contributed by atoms with Gasteiger partial charge in [-0.15, -0.1) is 0 Å². The molecule has 1 N–H and O–H groups in total. The van der Waals surface area contributed by atoms with Gasteiger partial charge in [-0.05, 0) is 17.9 Å². The molecule has 2 fully saturated rings. The van der Waals surface area contributed by atoms with Gasteiger partial charge in [-0.1, -0.05) is 37.3 Å². The molecular weight excluding hydrogens is 290 g/mol. The number of carbonyl (C=O) groups is 1. The van der Waals surface area contributed by atoms with E-state index in [-0.39, 0.29) is 6.09 Å². The predicted molar refractivity (Wildman–Crippen MR) is 90.2 cm³/mol. The number of benzene rings is 1. The first kappa shape index (κ1) is 16.3. The van der Waals surface area contributed by atoms with Gasteiger partial charge in [0, 0.05) is 44.8 Å². The van der Waals surface area contributed by atoms with Gasteiger partial charge in [0.05, 0.1) is 7.11 Å². The van der Waals surface area contributed by atoms with Gasteiger partial charge in [0.2, 0.25) is 0 Å². The van der Waals surface area contributed by atoms with E-state index in [1.807, 2.05) is 0 Å². The summed E-state index contributed by atoms with van der Waals surface area (Å²) in [7, 11) is 1.45. The van der Waals surface area contributed by atoms with Gasteiger partial charge in [0.1, 0.15) is 0 Å². The molecule has 0 aliphatic carbocycles. The number of amides is 1. The van der Waals surface area contributed by atoms with Gasteiger partial charge >= 0.3 is 6.09 Å². The van der Waals surface area contributed by atoms with Crippen LogP contribution < -0.4 is 5.32 Å². The topological polar surface area (TPSA) is 44.8 Å². The number of hydrogen-bond donors (Lipinski definition) is 1. The highest BCUT2D eigenvalue weighted by Gasteiger charge is 2.34. The zero-order valence-corrected chi connectivity index (χ0v) is 14.1. The number of nitrogens with zero attached hydrogens (tertiary/aromatic N) is 2. The third kappa shape index (κ3) is 4.03. The molecule has 0 aromatic heterocycles. The lowest BCUT2D eigenvalue weighted by atomic mass is 10.1. The first-order valence-corrected chi connectivity index (χ1v) is 8.51. The van der Waals surface area contributed by atoms with Crippen LogP contribution in [0, 0.1) is 5.92 Å². The van der Waals surface area contributed by atoms with Crippen molar-refractivity contribution in [1.29, 1.82) is 0 Å². The third-order valence-electron chi connectivity index (χ3n) is 5.01. The molecule has 0 spiro atoms. The minimum atomic E-state index is -0.209. The molecule has 2 heterocycles. The molecule has 3 atom stereocenters. The normalized spacial score (nSPS) is 28.3. The summed E-state index contributed by atoms with van der Waals surface area (Å²) >= 11 is 0. The molecule has 23 heavy (non-hydrogen) atoms. The summed E-state index contributed by atoms with van der Waals surface area (Å²) in [4.78, 5) is 15.9. The van der Waals surface area contributed by atoms with Gasteiger partial charge in [-0.3, -0.25) is 4.90 Å². The van der Waals surface area contributed by atoms with E-state index in [2.05, 4.69) is 47.5 Å². The van der Waals surface area contributed by atoms with Gasteiger partial charge in [0.25, 0.3) is 0 Å². The molecule has 3 unspecified atom stereocenters. The van der Waals surface area contributed by atoms with Crippen molar-refractivity contribution in [2.45, 2.75) is 32.0 Å². The lowest BCUT2D eigenvalue weighted by Crippen LogP contribution is -2.44. The molecule has 5 heteroatoms. The van der Waals surface area contributed by atoms with Crippen molar-refractivity contribution in [2.75, 3.05) is 33.3 Å². The quantitative estimate of drug-likeness (QED) is 0.922. The van der Waals surface area contributed by atoms with Crippen molar-refractivity contribution in [3.8, 4) is 0 Å². The number of nitrogens with one attached hydrogen (secondary N) is 1. The van der Waals surface area contributed by atoms with Gasteiger partial charge in [-0.2, -0.15) is 0 Å². The summed E-state index contributed by atoms with van der Waals surface area (Å²) < 4.78 is 4.81. The largest absolute Gasteiger partial charge is 0.453 e. The maximum atomic E-state index is 11.6. The van der Waals surface area contributed by atoms with Crippen LogP contribution in [0.5, 0.6) is 0 Å². The minimum Gasteiger partial charge on any atom is -0.453 e. The van der Waals surface area contributed by atoms with E-state index in [4.69, 9.17) is 4.74 Å². The Hall–Kier alpha value is -1.59. The SMILES string of the molecule is COC(=O)N1CCC(NC2CN(Cc3ccccc3)CC2C)C1. The Morgan fingerprint density at radius 2 is 2.04 bits per heavy atom. The van der Waals surface area contributed by atoms with E-state index in [1.54, 1.807) is 4.90 Å². The Bertz CT molecular complexity index is 522. The lowest BCUT2D eigenvalue weighted by molar-refractivity contribution is 0.132. The van der Waals surface area contributed by atoms with E-state index >= 15 is 0 Å². The molecule has 0 bridgehead atoms. The van der Waals surface area contributed by atoms with E-state index in [1.165, 1.54) is 12.7 Å². The third-order valence-corrected chi connectivity index (χ3v) is 5.01. The Balaban J connectivity index is 1.49. The second-order valence-electron chi connectivity index (χ2n) is 6.83. The van der Waals surface area contributed by atoms with Crippen LogP contribution in [0.15, 0.2) is 30.3 Å². The molecule has 2 saturated heterocycles. The zero-order valence-electron chi connectivity index (χ0n) is 14.1. The Kier molecular flexibility index (Phi) is 5.18. The fraction of sp³-hybridized carbons (Fsp3) is 0.611. The number of carbonyl (C=O) groups excluding carboxylic acids is 1. The van der Waals surface area contributed by atoms with Crippen molar-refractivity contribution in [3.63, 3.8) is 0 Å². The highest BCUT2D eigenvalue weighted by Crippen LogP contribution is 2.21. The number of hydrogen-bond acceptors (Lipinski definition) is 4. The average molecular weight is 317 g/mol. The highest BCUT2D eigenvalue weighted by atomic mass is 16.5. The van der Waals surface area contributed by atoms with Gasteiger partial charge < -0.3 is 15.0 Å². The maximum absolute atomic E-state index is 11.6. The van der Waals surface area contributed by atoms with Crippen LogP contribution in [0.25, 0.3) is 0 Å². The second kappa shape index (κ2) is 7.32. The van der Waals surface area contributed by atoms with Crippen molar-refractivity contribution in [1.82, 2.24) is 15.1 Å². The highest BCUT2D eigenvalue weighted by molar-refractivity contribution is 5.67. The number of methoxy groups -OCH3 is 1. The van der Waals surface area contributed by atoms with E-state index in [0.717, 1.165) is 39.1 Å². The maximum Gasteiger partial charge on any atom is 0.409 e. The fourth-order valence-corrected chi connectivity index (χ4v) is 3.75. The monoisotopic (exact) mass is 317 g/mol. The van der Waals surface area contributed by atoms with Crippen molar-refractivity contribution in [2.24, 2.45) is 5.92 Å². The van der Waals surface area contributed by atoms with Crippen LogP contribution >= 0.6 is 0 Å². The molecule has 5 nitrogen and oxygen atoms in total. The molecule has 2 aliphatic rings. The standard InChI is InChI=1S/C18H27N3O2/c1-14-10-20(11-15-6-4-3-5-7-15)13-17(14)19-16-8-9-21(12-16)18(22)23-2/h3-7,14,16-17,19H,8-13H2,1-2H3. The van der Waals surface area contributed by atoms with Crippen LogP contribution in [0.3, 0.4) is 0 Å². The number of rotatable bonds is 4. The summed E-state index contributed by atoms with van der Waals surface area (Å²) in [6.07, 6.45) is 0.802. The van der Waals surface area contributed by atoms with Crippen LogP contribution in [-0.4, -0.2) is 61.3 Å². The molecule has 126 valence electrons. The fourth-order valence-electron chi connectivity index (χ4n) is 3.75. The zero-order chi connectivity index (χ0) is 16.2. The Labute approximate surface area is 138 Å². The van der Waals surface area contributed by atoms with Crippen molar-refractivity contribution < 1.29 is 9.53 Å². The van der Waals surface area contributed by atoms with Crippen molar-refractivity contribution >= 4 is 6.09 Å². The minimum absolute atomic E-state index is 0.209. The van der Waals surface area contributed by atoms with Crippen molar-refractivity contribution in [3.05, 3.63) is 35.9 Å². The molecule has 2 aliphatic heterocycles. The van der Waals surface area contributed by atoms with Crippen LogP contribution in [0.1, 0.15) is 18.9 Å². The summed E-state index contributed by atoms with van der Waals surface area (Å²) in [6, 6.07) is 11.5. The molecule has 1 aromatic carbocycles. The molecule has 0 saturated carbocycles. The Morgan fingerprint density at radius 3 is 2.78 bits per heavy atom. The molecule has 1 amide bonds. The van der Waals surface area contributed by atoms with E-state index < -0.39 is 0 Å². The van der Waals surface area contributed by atoms with Gasteiger partial charge in [-0.25, -0.2) is 4.79 Å². The first-order chi connectivity index (χ1) is 11.2. The smallest absolute Gasteiger partial charge is 0.409 e. The van der Waals surface area contributed by atoms with Crippen LogP contribution in [-0.2, 0) is 11.3 Å². The number of likely N-dealkylation sites (tertiary alicyclic amines) is 2. The predicted octanol–water partition coefficient (Wildman–Crippen LogP) is 1.94. The average Bonchev–Trinajstić information content (AvgIpc) is 3.15. The number of ether oxygens (including phenoxy) is 1. The molecule has 0 radical (unpaired) electrons. The van der Waals surface area contributed by atoms with Crippen LogP contribution in [0.4, 0.5) is 4.79 Å². The molecule has 1 aromatic rings. The summed E-state index contributed by atoms with van der Waals surface area (Å²) in [5.74, 6) is 0.630. The second-order valence-corrected chi connectivity index (χ2v) is 6.83. The summed E-state index contributed by atoms with van der Waals surface area (Å²) in [5, 5.41) is 3.76. The first-order valence-electron chi connectivity index (χ1n) is 8.51. The Morgan fingerprint density at radius 1 is 1.26 bits per heavy atom. The molecule has 3 rings (SSSR count). The van der Waals surface area contributed by atoms with Gasteiger partial charge in [0.15, 0.2) is 0 Å². The summed E-state index contributed by atoms with van der Waals surface area (Å²) in [5.41, 5.74) is 1.37. The summed E-state index contributed by atoms with van der Waals surface area (Å²) in [6.45, 7) is 7.08. The van der Waals surface area contributed by atoms with Crippen LogP contribution in [0.2, 0.25) is 0 Å². The lowest BCUT2D eigenvalue weighted by Gasteiger charge is -2.22. The molecular formula is C18H27N3O2. The van der Waals surface area contributed by atoms with E-state index in [0.29, 0.717) is 18.0 Å².